The first-order valence-corrected chi connectivity index (χ1v) is 9.74. The summed E-state index contributed by atoms with van der Waals surface area (Å²) in [5, 5.41) is -0.372. The van der Waals surface area contributed by atoms with E-state index in [-0.39, 0.29) is 23.2 Å². The van der Waals surface area contributed by atoms with Crippen molar-refractivity contribution in [3.8, 4) is 5.75 Å². The van der Waals surface area contributed by atoms with E-state index in [1.807, 2.05) is 0 Å². The van der Waals surface area contributed by atoms with Gasteiger partial charge in [-0.1, -0.05) is 6.07 Å². The number of rotatable bonds is 3. The van der Waals surface area contributed by atoms with Crippen LogP contribution in [0.15, 0.2) is 23.1 Å². The van der Waals surface area contributed by atoms with Crippen LogP contribution in [-0.4, -0.2) is 48.1 Å². The van der Waals surface area contributed by atoms with Gasteiger partial charge >= 0.3 is 0 Å². The number of sulfonamides is 1. The molecule has 0 saturated carbocycles. The van der Waals surface area contributed by atoms with Crippen LogP contribution < -0.4 is 4.74 Å². The minimum absolute atomic E-state index is 0.152. The summed E-state index contributed by atoms with van der Waals surface area (Å²) in [6.45, 7) is 0.888. The molecule has 0 aromatic heterocycles. The summed E-state index contributed by atoms with van der Waals surface area (Å²) < 4.78 is 50.5. The molecule has 6 nitrogen and oxygen atoms in total. The lowest BCUT2D eigenvalue weighted by Gasteiger charge is -2.37. The Bertz CT molecular complexity index is 750. The van der Waals surface area contributed by atoms with Crippen LogP contribution in [0.3, 0.4) is 0 Å². The van der Waals surface area contributed by atoms with Crippen molar-refractivity contribution in [1.29, 1.82) is 4.78 Å². The highest BCUT2D eigenvalue weighted by atomic mass is 32.2. The predicted octanol–water partition coefficient (Wildman–Crippen LogP) is 0.671. The average molecular weight is 316 g/mol. The third-order valence-electron chi connectivity index (χ3n) is 3.76. The van der Waals surface area contributed by atoms with Gasteiger partial charge in [0.05, 0.1) is 16.8 Å². The van der Waals surface area contributed by atoms with Crippen LogP contribution in [0.5, 0.6) is 5.75 Å². The van der Waals surface area contributed by atoms with Crippen molar-refractivity contribution in [3.63, 3.8) is 0 Å². The lowest BCUT2D eigenvalue weighted by atomic mass is 10.2. The van der Waals surface area contributed by atoms with Gasteiger partial charge in [-0.15, -0.1) is 0 Å². The second-order valence-electron chi connectivity index (χ2n) is 5.22. The molecule has 0 bridgehead atoms. The van der Waals surface area contributed by atoms with Crippen molar-refractivity contribution in [2.45, 2.75) is 16.6 Å². The molecule has 1 fully saturated rings. The van der Waals surface area contributed by atoms with Crippen LogP contribution in [0, 0.1) is 4.78 Å². The maximum atomic E-state index is 12.4. The summed E-state index contributed by atoms with van der Waals surface area (Å²) in [4.78, 5) is 0.198. The minimum atomic E-state index is -3.57. The van der Waals surface area contributed by atoms with Crippen molar-refractivity contribution in [1.82, 2.24) is 4.31 Å². The Morgan fingerprint density at radius 3 is 2.65 bits per heavy atom. The molecule has 1 aromatic rings. The van der Waals surface area contributed by atoms with E-state index in [0.717, 1.165) is 12.0 Å². The normalized spacial score (nSPS) is 22.6. The van der Waals surface area contributed by atoms with Crippen LogP contribution >= 0.6 is 0 Å². The van der Waals surface area contributed by atoms with Crippen molar-refractivity contribution in [3.05, 3.63) is 23.8 Å². The van der Waals surface area contributed by atoms with Crippen LogP contribution in [-0.2, 0) is 26.2 Å². The first kappa shape index (κ1) is 13.8. The van der Waals surface area contributed by atoms with Gasteiger partial charge in [-0.05, 0) is 11.6 Å². The van der Waals surface area contributed by atoms with Gasteiger partial charge in [-0.25, -0.2) is 12.6 Å². The zero-order chi connectivity index (χ0) is 14.5. The van der Waals surface area contributed by atoms with E-state index >= 15 is 0 Å². The summed E-state index contributed by atoms with van der Waals surface area (Å²) in [6.07, 6.45) is 2.16. The molecular formula is C12H16N2O4S2. The molecule has 0 radical (unpaired) electrons. The third kappa shape index (κ3) is 2.21. The van der Waals surface area contributed by atoms with Gasteiger partial charge in [0.1, 0.15) is 5.75 Å². The van der Waals surface area contributed by atoms with Gasteiger partial charge in [0.15, 0.2) is 0 Å². The molecule has 2 heterocycles. The molecule has 2 aliphatic rings. The SMILES string of the molecule is CS(=N)(=O)C1CN(S(=O)(=O)c2ccc3c(c2)OCC3)C1. The number of fused-ring (bicyclic) bond motifs is 1. The van der Waals surface area contributed by atoms with Crippen molar-refractivity contribution in [2.75, 3.05) is 26.0 Å². The monoisotopic (exact) mass is 316 g/mol. The number of ether oxygens (including phenoxy) is 1. The first-order valence-electron chi connectivity index (χ1n) is 6.27. The molecule has 0 aliphatic carbocycles. The molecule has 3 rings (SSSR count). The third-order valence-corrected chi connectivity index (χ3v) is 7.15. The smallest absolute Gasteiger partial charge is 0.243 e. The van der Waals surface area contributed by atoms with Gasteiger partial charge < -0.3 is 4.74 Å². The lowest BCUT2D eigenvalue weighted by Crippen LogP contribution is -2.56. The molecule has 0 amide bonds. The van der Waals surface area contributed by atoms with E-state index in [9.17, 15) is 12.6 Å². The van der Waals surface area contributed by atoms with E-state index in [2.05, 4.69) is 0 Å². The molecule has 110 valence electrons. The molecular weight excluding hydrogens is 300 g/mol. The van der Waals surface area contributed by atoms with Crippen LogP contribution in [0.25, 0.3) is 0 Å². The number of nitrogens with zero attached hydrogens (tertiary/aromatic N) is 1. The highest BCUT2D eigenvalue weighted by molar-refractivity contribution is 7.93. The molecule has 8 heteroatoms. The minimum Gasteiger partial charge on any atom is -0.493 e. The Kier molecular flexibility index (Phi) is 3.07. The van der Waals surface area contributed by atoms with E-state index in [1.165, 1.54) is 10.6 Å². The van der Waals surface area contributed by atoms with Crippen LogP contribution in [0.4, 0.5) is 0 Å². The second kappa shape index (κ2) is 4.44. The van der Waals surface area contributed by atoms with Crippen LogP contribution in [0.2, 0.25) is 0 Å². The maximum Gasteiger partial charge on any atom is 0.243 e. The molecule has 1 atom stereocenters. The number of nitrogens with one attached hydrogen (secondary N) is 1. The average Bonchev–Trinajstić information content (AvgIpc) is 2.70. The summed E-state index contributed by atoms with van der Waals surface area (Å²) in [7, 11) is -6.25. The van der Waals surface area contributed by atoms with Gasteiger partial charge in [-0.2, -0.15) is 4.31 Å². The molecule has 1 N–H and O–H groups in total. The summed E-state index contributed by atoms with van der Waals surface area (Å²) in [5.41, 5.74) is 1.02. The van der Waals surface area contributed by atoms with Gasteiger partial charge in [0, 0.05) is 41.6 Å². The fourth-order valence-electron chi connectivity index (χ4n) is 2.34. The summed E-state index contributed by atoms with van der Waals surface area (Å²) >= 11 is 0. The Morgan fingerprint density at radius 1 is 1.30 bits per heavy atom. The highest BCUT2D eigenvalue weighted by Crippen LogP contribution is 2.31. The maximum absolute atomic E-state index is 12.4. The summed E-state index contributed by atoms with van der Waals surface area (Å²) in [5.74, 6) is 0.628. The molecule has 2 aliphatic heterocycles. The molecule has 1 unspecified atom stereocenters. The van der Waals surface area contributed by atoms with Crippen molar-refractivity contribution >= 4 is 19.8 Å². The van der Waals surface area contributed by atoms with Crippen LogP contribution in [0.1, 0.15) is 5.56 Å². The highest BCUT2D eigenvalue weighted by Gasteiger charge is 2.40. The number of benzene rings is 1. The van der Waals surface area contributed by atoms with E-state index in [1.54, 1.807) is 18.2 Å². The molecule has 1 aromatic carbocycles. The topological polar surface area (TPSA) is 87.5 Å². The van der Waals surface area contributed by atoms with Gasteiger partial charge in [-0.3, -0.25) is 4.78 Å². The fourth-order valence-corrected chi connectivity index (χ4v) is 5.00. The van der Waals surface area contributed by atoms with Crippen molar-refractivity contribution < 1.29 is 17.4 Å². The zero-order valence-electron chi connectivity index (χ0n) is 11.0. The van der Waals surface area contributed by atoms with E-state index < -0.39 is 19.8 Å². The Balaban J connectivity index is 1.84. The molecule has 1 saturated heterocycles. The van der Waals surface area contributed by atoms with Gasteiger partial charge in [0.25, 0.3) is 0 Å². The standard InChI is InChI=1S/C12H16N2O4S2/c1-19(13,15)11-7-14(8-11)20(16,17)10-3-2-9-4-5-18-12(9)6-10/h2-3,6,11,13H,4-5,7-8H2,1H3. The predicted molar refractivity (Wildman–Crippen MR) is 75.0 cm³/mol. The zero-order valence-corrected chi connectivity index (χ0v) is 12.7. The first-order chi connectivity index (χ1) is 9.28. The Labute approximate surface area is 118 Å². The number of hydrogen-bond acceptors (Lipinski definition) is 5. The van der Waals surface area contributed by atoms with E-state index in [0.29, 0.717) is 12.4 Å². The molecule has 20 heavy (non-hydrogen) atoms. The largest absolute Gasteiger partial charge is 0.493 e. The number of hydrogen-bond donors (Lipinski definition) is 1. The summed E-state index contributed by atoms with van der Waals surface area (Å²) in [6, 6.07) is 4.91. The quantitative estimate of drug-likeness (QED) is 0.888. The second-order valence-corrected chi connectivity index (χ2v) is 9.63. The van der Waals surface area contributed by atoms with Gasteiger partial charge in [0.2, 0.25) is 10.0 Å². The lowest BCUT2D eigenvalue weighted by molar-refractivity contribution is 0.314. The van der Waals surface area contributed by atoms with E-state index in [4.69, 9.17) is 9.52 Å². The Morgan fingerprint density at radius 2 is 2.00 bits per heavy atom. The molecule has 0 spiro atoms. The Hall–Kier alpha value is -1.12. The fraction of sp³-hybridized carbons (Fsp3) is 0.500. The van der Waals surface area contributed by atoms with Crippen molar-refractivity contribution in [2.24, 2.45) is 0 Å².